The summed E-state index contributed by atoms with van der Waals surface area (Å²) in [5.74, 6) is 0. The maximum absolute atomic E-state index is 9.02. The first kappa shape index (κ1) is 1.84. The van der Waals surface area contributed by atoms with Crippen molar-refractivity contribution in [3.05, 3.63) is 0 Å². The van der Waals surface area contributed by atoms with Crippen molar-refractivity contribution in [2.75, 3.05) is 34.1 Å². The largest absolute Gasteiger partial charge is 1.00 e. The van der Waals surface area contributed by atoms with Crippen molar-refractivity contribution in [1.82, 2.24) is 0 Å². The van der Waals surface area contributed by atoms with Gasteiger partial charge in [0.2, 0.25) is 0 Å². The molecule has 1 atom stereocenters. The fraction of sp³-hybridized carbons (Fsp3) is 1.00. The Morgan fingerprint density at radius 1 is 1.88 bits per heavy atom. The van der Waals surface area contributed by atoms with Gasteiger partial charge in [0.25, 0.3) is 0 Å². The van der Waals surface area contributed by atoms with Crippen LogP contribution in [0.3, 0.4) is 0 Å². The zero-order valence-corrected chi connectivity index (χ0v) is 5.11. The number of quaternary nitrogens is 1. The predicted molar refractivity (Wildman–Crippen MR) is 30.0 cm³/mol. The fourth-order valence-electron chi connectivity index (χ4n) is 0.104. The monoisotopic (exact) mass is 148 g/mol. The summed E-state index contributed by atoms with van der Waals surface area (Å²) in [6.45, 7) is -12.2. The molecule has 2 nitrogen and oxygen atoms in total. The molecule has 3 heteroatoms. The van der Waals surface area contributed by atoms with Crippen LogP contribution in [-0.2, 0) is 0 Å². The van der Waals surface area contributed by atoms with Gasteiger partial charge in [0.1, 0.15) is 6.50 Å². The Kier molecular flexibility index (Phi) is 0.951. The van der Waals surface area contributed by atoms with Gasteiger partial charge in [0.15, 0.2) is 0 Å². The van der Waals surface area contributed by atoms with Gasteiger partial charge in [-0.15, -0.1) is 0 Å². The highest BCUT2D eigenvalue weighted by molar-refractivity contribution is 4.19. The zero-order chi connectivity index (χ0) is 13.6. The molecule has 0 saturated heterocycles. The minimum atomic E-state index is -3.48. The second kappa shape index (κ2) is 4.13. The summed E-state index contributed by atoms with van der Waals surface area (Å²) in [5, 5.41) is 9.02. The Morgan fingerprint density at radius 2 is 2.50 bits per heavy atom. The molecule has 0 aliphatic carbocycles. The molecule has 0 bridgehead atoms. The molecule has 0 aliphatic heterocycles. The van der Waals surface area contributed by atoms with E-state index < -0.39 is 31.5 Å². The lowest BCUT2D eigenvalue weighted by molar-refractivity contribution is -0.870. The summed E-state index contributed by atoms with van der Waals surface area (Å²) in [4.78, 5) is 0. The molecular weight excluding hydrogens is 126 g/mol. The van der Waals surface area contributed by atoms with Gasteiger partial charge < -0.3 is 22.0 Å². The summed E-state index contributed by atoms with van der Waals surface area (Å²) in [7, 11) is 0.700. The summed E-state index contributed by atoms with van der Waals surface area (Å²) >= 11 is 0. The van der Waals surface area contributed by atoms with Crippen LogP contribution in [0.2, 0.25) is 0 Å². The number of rotatable bonds is 2. The molecular formula is C5H14ClNO. The number of halogens is 1. The van der Waals surface area contributed by atoms with Gasteiger partial charge in [-0.3, -0.25) is 0 Å². The van der Waals surface area contributed by atoms with Crippen LogP contribution in [0.5, 0.6) is 0 Å². The summed E-state index contributed by atoms with van der Waals surface area (Å²) in [6, 6.07) is 0. The standard InChI is InChI=1S/C5H14NO.ClH/c1-6(2,3)4-5-7;/h7H,4-5H2,1-3H3;1H/q+1;/p-1/i1D2,2D3,4D2,5D2;. The van der Waals surface area contributed by atoms with E-state index in [0.29, 0.717) is 7.05 Å². The number of hydrogen-bond acceptors (Lipinski definition) is 1. The molecule has 1 N–H and O–H groups in total. The third-order valence-electron chi connectivity index (χ3n) is 0.282. The van der Waals surface area contributed by atoms with Crippen LogP contribution in [0.1, 0.15) is 12.3 Å². The first-order valence-corrected chi connectivity index (χ1v) is 1.63. The Morgan fingerprint density at radius 3 is 2.62 bits per heavy atom. The van der Waals surface area contributed by atoms with Crippen molar-refractivity contribution in [2.24, 2.45) is 0 Å². The van der Waals surface area contributed by atoms with Gasteiger partial charge in [0, 0.05) is 0 Å². The van der Waals surface area contributed by atoms with Crippen LogP contribution in [0, 0.1) is 0 Å². The second-order valence-corrected chi connectivity index (χ2v) is 1.30. The first-order valence-electron chi connectivity index (χ1n) is 6.28. The Balaban J connectivity index is 0. The van der Waals surface area contributed by atoms with Crippen LogP contribution in [0.15, 0.2) is 0 Å². The maximum Gasteiger partial charge on any atom is 0.101 e. The Bertz CT molecular complexity index is 261. The van der Waals surface area contributed by atoms with E-state index in [4.69, 9.17) is 17.4 Å². The number of likely N-dealkylation sites (N-methyl/N-ethyl adjacent to an activating group) is 1. The lowest BCUT2D eigenvalue weighted by Gasteiger charge is -2.21. The van der Waals surface area contributed by atoms with Crippen LogP contribution >= 0.6 is 0 Å². The van der Waals surface area contributed by atoms with Crippen LogP contribution in [0.25, 0.3) is 0 Å². The summed E-state index contributed by atoms with van der Waals surface area (Å²) in [5.41, 5.74) is 0. The molecule has 0 aromatic carbocycles. The lowest BCUT2D eigenvalue weighted by atomic mass is 10.5. The molecule has 0 aromatic heterocycles. The predicted octanol–water partition coefficient (Wildman–Crippen LogP) is -3.31. The van der Waals surface area contributed by atoms with E-state index in [1.165, 1.54) is 0 Å². The molecule has 0 spiro atoms. The topological polar surface area (TPSA) is 20.2 Å². The molecule has 8 heavy (non-hydrogen) atoms. The van der Waals surface area contributed by atoms with Gasteiger partial charge in [0.05, 0.1) is 39.9 Å². The third-order valence-corrected chi connectivity index (χ3v) is 0.282. The van der Waals surface area contributed by atoms with E-state index in [1.807, 2.05) is 0 Å². The highest BCUT2D eigenvalue weighted by Crippen LogP contribution is 1.84. The Hall–Kier alpha value is 0.210. The summed E-state index contributed by atoms with van der Waals surface area (Å²) < 4.78 is 62.0. The molecule has 52 valence electrons. The van der Waals surface area contributed by atoms with Crippen LogP contribution < -0.4 is 12.4 Å². The van der Waals surface area contributed by atoms with E-state index in [-0.39, 0.29) is 12.4 Å². The molecule has 0 heterocycles. The smallest absolute Gasteiger partial charge is 0.101 e. The van der Waals surface area contributed by atoms with Crippen molar-refractivity contribution in [2.45, 2.75) is 0 Å². The van der Waals surface area contributed by atoms with E-state index >= 15 is 0 Å². The van der Waals surface area contributed by atoms with Gasteiger partial charge in [-0.1, -0.05) is 0 Å². The average Bonchev–Trinajstić information content (AvgIpc) is 1.97. The van der Waals surface area contributed by atoms with Crippen molar-refractivity contribution in [3.8, 4) is 0 Å². The molecule has 0 rings (SSSR count). The van der Waals surface area contributed by atoms with E-state index in [2.05, 4.69) is 0 Å². The van der Waals surface area contributed by atoms with E-state index in [0.717, 1.165) is 0 Å². The van der Waals surface area contributed by atoms with Gasteiger partial charge >= 0.3 is 0 Å². The van der Waals surface area contributed by atoms with Crippen molar-refractivity contribution < 1.29 is 34.3 Å². The minimum Gasteiger partial charge on any atom is -1.00 e. The van der Waals surface area contributed by atoms with Gasteiger partial charge in [-0.05, 0) is 0 Å². The Labute approximate surface area is 69.8 Å². The number of hydrogen-bond donors (Lipinski definition) is 1. The highest BCUT2D eigenvalue weighted by Gasteiger charge is 2.02. The third kappa shape index (κ3) is 9.51. The molecule has 0 aliphatic rings. The van der Waals surface area contributed by atoms with E-state index in [9.17, 15) is 0 Å². The van der Waals surface area contributed by atoms with Crippen LogP contribution in [0.4, 0.5) is 0 Å². The molecule has 0 radical (unpaired) electrons. The first-order chi connectivity index (χ1) is 6.69. The van der Waals surface area contributed by atoms with Crippen molar-refractivity contribution in [3.63, 3.8) is 0 Å². The normalized spacial score (nSPS) is 38.6. The van der Waals surface area contributed by atoms with E-state index in [1.54, 1.807) is 0 Å². The average molecular weight is 149 g/mol. The second-order valence-electron chi connectivity index (χ2n) is 1.30. The fourth-order valence-corrected chi connectivity index (χ4v) is 0.104. The lowest BCUT2D eigenvalue weighted by Crippen LogP contribution is -3.00. The number of aliphatic hydroxyl groups is 1. The number of nitrogens with zero attached hydrogens (tertiary/aromatic N) is 1. The SMILES string of the molecule is [2H]C([2H])[N+](C)(C([2H])([2H])[2H])C([2H])([2H])C([2H])([2H])O.[Cl-]. The summed E-state index contributed by atoms with van der Waals surface area (Å²) in [6.07, 6.45) is 0. The van der Waals surface area contributed by atoms with Gasteiger partial charge in [-0.25, -0.2) is 0 Å². The quantitative estimate of drug-likeness (QED) is 0.407. The maximum atomic E-state index is 9.02. The molecule has 0 aromatic rings. The van der Waals surface area contributed by atoms with Gasteiger partial charge in [-0.2, -0.15) is 0 Å². The molecule has 0 fully saturated rings. The molecule has 0 saturated carbocycles. The van der Waals surface area contributed by atoms with Crippen molar-refractivity contribution in [1.29, 1.82) is 0 Å². The van der Waals surface area contributed by atoms with Crippen molar-refractivity contribution >= 4 is 0 Å². The van der Waals surface area contributed by atoms with Crippen LogP contribution in [-0.4, -0.2) is 43.7 Å². The highest BCUT2D eigenvalue weighted by atomic mass is 35.5. The molecule has 1 unspecified atom stereocenters. The molecule has 0 amide bonds. The minimum absolute atomic E-state index is 0. The zero-order valence-electron chi connectivity index (χ0n) is 13.3.